The first-order valence-electron chi connectivity index (χ1n) is 6.68. The lowest BCUT2D eigenvalue weighted by Crippen LogP contribution is -2.31. The molecule has 0 aromatic heterocycles. The summed E-state index contributed by atoms with van der Waals surface area (Å²) in [6.45, 7) is 2.43. The van der Waals surface area contributed by atoms with Gasteiger partial charge in [0.25, 0.3) is 0 Å². The second-order valence-corrected chi connectivity index (χ2v) is 5.14. The van der Waals surface area contributed by atoms with Crippen LogP contribution in [0.4, 0.5) is 5.69 Å². The lowest BCUT2D eigenvalue weighted by atomic mass is 9.92. The van der Waals surface area contributed by atoms with Crippen LogP contribution in [0, 0.1) is 5.92 Å². The topological polar surface area (TPSA) is 63.4 Å². The Morgan fingerprint density at radius 1 is 1.42 bits per heavy atom. The van der Waals surface area contributed by atoms with Crippen molar-refractivity contribution in [3.8, 4) is 0 Å². The van der Waals surface area contributed by atoms with Crippen molar-refractivity contribution in [3.05, 3.63) is 29.3 Å². The van der Waals surface area contributed by atoms with Crippen LogP contribution in [0.3, 0.4) is 0 Å². The summed E-state index contributed by atoms with van der Waals surface area (Å²) in [6, 6.07) is 5.60. The molecule has 1 aromatic carbocycles. The summed E-state index contributed by atoms with van der Waals surface area (Å²) in [5.74, 6) is 0.210. The first-order valence-corrected chi connectivity index (χ1v) is 6.68. The molecule has 1 unspecified atom stereocenters. The number of fused-ring (bicyclic) bond motifs is 1. The highest BCUT2D eigenvalue weighted by molar-refractivity contribution is 6.00. The molecule has 0 bridgehead atoms. The lowest BCUT2D eigenvalue weighted by Gasteiger charge is -2.26. The van der Waals surface area contributed by atoms with Crippen molar-refractivity contribution in [2.45, 2.75) is 26.2 Å². The van der Waals surface area contributed by atoms with Crippen LogP contribution >= 0.6 is 0 Å². The molecule has 2 N–H and O–H groups in total. The maximum Gasteiger partial charge on any atom is 0.227 e. The average molecular weight is 260 g/mol. The Labute approximate surface area is 113 Å². The third-order valence-corrected chi connectivity index (χ3v) is 3.75. The largest absolute Gasteiger partial charge is 0.330 e. The number of amides is 1. The Morgan fingerprint density at radius 2 is 2.16 bits per heavy atom. The predicted octanol–water partition coefficient (Wildman–Crippen LogP) is 1.76. The second-order valence-electron chi connectivity index (χ2n) is 5.14. The molecule has 0 saturated carbocycles. The Morgan fingerprint density at radius 3 is 2.84 bits per heavy atom. The first-order chi connectivity index (χ1) is 9.04. The van der Waals surface area contributed by atoms with Crippen LogP contribution in [0.5, 0.6) is 0 Å². The normalized spacial score (nSPS) is 16.2. The molecule has 4 nitrogen and oxygen atoms in total. The summed E-state index contributed by atoms with van der Waals surface area (Å²) in [5.41, 5.74) is 8.21. The summed E-state index contributed by atoms with van der Waals surface area (Å²) >= 11 is 0. The van der Waals surface area contributed by atoms with Gasteiger partial charge in [0, 0.05) is 30.6 Å². The van der Waals surface area contributed by atoms with Gasteiger partial charge in [-0.1, -0.05) is 6.92 Å². The molecule has 4 heteroatoms. The highest BCUT2D eigenvalue weighted by atomic mass is 16.2. The van der Waals surface area contributed by atoms with Crippen molar-refractivity contribution in [2.75, 3.05) is 18.5 Å². The van der Waals surface area contributed by atoms with Crippen molar-refractivity contribution in [1.29, 1.82) is 0 Å². The Balaban J connectivity index is 2.27. The molecular weight excluding hydrogens is 240 g/mol. The molecule has 1 heterocycles. The molecule has 1 aliphatic heterocycles. The lowest BCUT2D eigenvalue weighted by molar-refractivity contribution is -0.118. The van der Waals surface area contributed by atoms with Gasteiger partial charge in [-0.05, 0) is 43.1 Å². The van der Waals surface area contributed by atoms with Gasteiger partial charge in [0.2, 0.25) is 5.91 Å². The smallest absolute Gasteiger partial charge is 0.227 e. The number of aryl methyl sites for hydroxylation is 1. The zero-order chi connectivity index (χ0) is 14.0. The fraction of sp³-hybridized carbons (Fsp3) is 0.467. The third kappa shape index (κ3) is 2.68. The van der Waals surface area contributed by atoms with E-state index in [1.165, 1.54) is 0 Å². The van der Waals surface area contributed by atoms with Crippen LogP contribution in [-0.2, 0) is 11.2 Å². The van der Waals surface area contributed by atoms with Crippen molar-refractivity contribution < 1.29 is 9.59 Å². The summed E-state index contributed by atoms with van der Waals surface area (Å²) in [5, 5.41) is 0. The van der Waals surface area contributed by atoms with E-state index in [-0.39, 0.29) is 17.6 Å². The van der Waals surface area contributed by atoms with Crippen molar-refractivity contribution in [1.82, 2.24) is 0 Å². The van der Waals surface area contributed by atoms with E-state index in [0.29, 0.717) is 25.8 Å². The van der Waals surface area contributed by atoms with Gasteiger partial charge in [-0.2, -0.15) is 0 Å². The number of carbonyl (C=O) groups is 2. The summed E-state index contributed by atoms with van der Waals surface area (Å²) in [7, 11) is 1.78. The molecule has 19 heavy (non-hydrogen) atoms. The SMILES string of the molecule is CC(CCN)C(=O)c1ccc2c(c1)CCC(=O)N2C. The van der Waals surface area contributed by atoms with Crippen LogP contribution in [0.2, 0.25) is 0 Å². The molecule has 0 saturated heterocycles. The molecule has 1 amide bonds. The zero-order valence-corrected chi connectivity index (χ0v) is 11.5. The first kappa shape index (κ1) is 13.7. The van der Waals surface area contributed by atoms with E-state index in [2.05, 4.69) is 0 Å². The van der Waals surface area contributed by atoms with Crippen LogP contribution in [0.15, 0.2) is 18.2 Å². The number of anilines is 1. The standard InChI is InChI=1S/C15H20N2O2/c1-10(7-8-16)15(19)12-3-5-13-11(9-12)4-6-14(18)17(13)2/h3,5,9-10H,4,6-8,16H2,1-2H3. The zero-order valence-electron chi connectivity index (χ0n) is 11.5. The number of Topliss-reactive ketones (excluding diaryl/α,β-unsaturated/α-hetero) is 1. The van der Waals surface area contributed by atoms with Gasteiger partial charge in [-0.25, -0.2) is 0 Å². The van der Waals surface area contributed by atoms with E-state index < -0.39 is 0 Å². The van der Waals surface area contributed by atoms with E-state index >= 15 is 0 Å². The monoisotopic (exact) mass is 260 g/mol. The third-order valence-electron chi connectivity index (χ3n) is 3.75. The molecule has 1 aromatic rings. The van der Waals surface area contributed by atoms with Gasteiger partial charge in [-0.15, -0.1) is 0 Å². The van der Waals surface area contributed by atoms with Crippen LogP contribution in [0.1, 0.15) is 35.7 Å². The molecular formula is C15H20N2O2. The number of benzene rings is 1. The number of rotatable bonds is 4. The van der Waals surface area contributed by atoms with Crippen molar-refractivity contribution in [3.63, 3.8) is 0 Å². The molecule has 102 valence electrons. The van der Waals surface area contributed by atoms with Crippen molar-refractivity contribution in [2.24, 2.45) is 11.7 Å². The fourth-order valence-electron chi connectivity index (χ4n) is 2.48. The van der Waals surface area contributed by atoms with Gasteiger partial charge < -0.3 is 10.6 Å². The Hall–Kier alpha value is -1.68. The molecule has 1 atom stereocenters. The number of hydrogen-bond acceptors (Lipinski definition) is 3. The van der Waals surface area contributed by atoms with E-state index in [1.807, 2.05) is 25.1 Å². The van der Waals surface area contributed by atoms with Gasteiger partial charge in [-0.3, -0.25) is 9.59 Å². The predicted molar refractivity (Wildman–Crippen MR) is 75.3 cm³/mol. The minimum Gasteiger partial charge on any atom is -0.330 e. The molecule has 2 rings (SSSR count). The highest BCUT2D eigenvalue weighted by Gasteiger charge is 2.22. The highest BCUT2D eigenvalue weighted by Crippen LogP contribution is 2.28. The van der Waals surface area contributed by atoms with Gasteiger partial charge >= 0.3 is 0 Å². The minimum atomic E-state index is -0.0500. The molecule has 1 aliphatic rings. The Bertz CT molecular complexity index is 511. The van der Waals surface area contributed by atoms with E-state index in [9.17, 15) is 9.59 Å². The number of ketones is 1. The maximum absolute atomic E-state index is 12.2. The maximum atomic E-state index is 12.2. The fourth-order valence-corrected chi connectivity index (χ4v) is 2.48. The van der Waals surface area contributed by atoms with Crippen molar-refractivity contribution >= 4 is 17.4 Å². The van der Waals surface area contributed by atoms with Gasteiger partial charge in [0.1, 0.15) is 0 Å². The van der Waals surface area contributed by atoms with E-state index in [4.69, 9.17) is 5.73 Å². The van der Waals surface area contributed by atoms with Crippen LogP contribution in [-0.4, -0.2) is 25.3 Å². The summed E-state index contributed by atoms with van der Waals surface area (Å²) < 4.78 is 0. The van der Waals surface area contributed by atoms with E-state index in [1.54, 1.807) is 11.9 Å². The van der Waals surface area contributed by atoms with Crippen LogP contribution < -0.4 is 10.6 Å². The summed E-state index contributed by atoms with van der Waals surface area (Å²) in [4.78, 5) is 25.5. The molecule has 0 fully saturated rings. The minimum absolute atomic E-state index is 0.0500. The quantitative estimate of drug-likeness (QED) is 0.839. The van der Waals surface area contributed by atoms with Gasteiger partial charge in [0.05, 0.1) is 0 Å². The van der Waals surface area contributed by atoms with E-state index in [0.717, 1.165) is 16.8 Å². The Kier molecular flexibility index (Phi) is 4.00. The number of carbonyl (C=O) groups excluding carboxylic acids is 2. The number of nitrogens with zero attached hydrogens (tertiary/aromatic N) is 1. The summed E-state index contributed by atoms with van der Waals surface area (Å²) in [6.07, 6.45) is 1.93. The van der Waals surface area contributed by atoms with Crippen LogP contribution in [0.25, 0.3) is 0 Å². The molecule has 0 aliphatic carbocycles. The average Bonchev–Trinajstić information content (AvgIpc) is 2.42. The molecule has 0 spiro atoms. The second kappa shape index (κ2) is 5.53. The molecule has 0 radical (unpaired) electrons. The number of hydrogen-bond donors (Lipinski definition) is 1. The number of nitrogens with two attached hydrogens (primary N) is 1. The van der Waals surface area contributed by atoms with Gasteiger partial charge in [0.15, 0.2) is 5.78 Å².